The van der Waals surface area contributed by atoms with Crippen molar-refractivity contribution < 1.29 is 13.9 Å². The molecule has 0 saturated carbocycles. The van der Waals surface area contributed by atoms with Gasteiger partial charge in [-0.15, -0.1) is 0 Å². The monoisotopic (exact) mass is 342 g/mol. The maximum atomic E-state index is 14.0. The molecule has 2 rings (SSSR count). The minimum Gasteiger partial charge on any atom is -0.496 e. The van der Waals surface area contributed by atoms with Gasteiger partial charge in [0.25, 0.3) is 0 Å². The molecule has 0 aliphatic carbocycles. The Morgan fingerprint density at radius 2 is 1.89 bits per heavy atom. The zero-order chi connectivity index (χ0) is 14.0. The van der Waals surface area contributed by atoms with Crippen molar-refractivity contribution in [3.05, 3.63) is 62.8 Å². The second-order valence-corrected chi connectivity index (χ2v) is 4.98. The Kier molecular flexibility index (Phi) is 4.22. The second-order valence-electron chi connectivity index (χ2n) is 3.75. The Morgan fingerprint density at radius 3 is 2.58 bits per heavy atom. The highest BCUT2D eigenvalue weighted by atomic mass is 79.9. The molecule has 0 heterocycles. The first-order valence-corrected chi connectivity index (χ1v) is 6.54. The summed E-state index contributed by atoms with van der Waals surface area (Å²) in [4.78, 5) is 12.3. The summed E-state index contributed by atoms with van der Waals surface area (Å²) < 4.78 is 19.5. The summed E-state index contributed by atoms with van der Waals surface area (Å²) in [6.07, 6.45) is 0. The van der Waals surface area contributed by atoms with Crippen molar-refractivity contribution in [1.82, 2.24) is 0 Å². The molecule has 2 nitrogen and oxygen atoms in total. The molecule has 0 radical (unpaired) electrons. The minimum atomic E-state index is -0.744. The van der Waals surface area contributed by atoms with E-state index in [4.69, 9.17) is 16.3 Å². The van der Waals surface area contributed by atoms with Crippen LogP contribution in [-0.2, 0) is 0 Å². The van der Waals surface area contributed by atoms with Gasteiger partial charge in [-0.25, -0.2) is 4.39 Å². The van der Waals surface area contributed by atoms with Crippen molar-refractivity contribution in [2.24, 2.45) is 0 Å². The van der Waals surface area contributed by atoms with Crippen LogP contribution in [-0.4, -0.2) is 12.9 Å². The summed E-state index contributed by atoms with van der Waals surface area (Å²) >= 11 is 8.89. The van der Waals surface area contributed by atoms with Gasteiger partial charge in [0.15, 0.2) is 11.6 Å². The number of ether oxygens (including phenoxy) is 1. The number of halogens is 3. The highest BCUT2D eigenvalue weighted by molar-refractivity contribution is 9.10. The molecular weight excluding hydrogens is 335 g/mol. The fraction of sp³-hybridized carbons (Fsp3) is 0.0714. The lowest BCUT2D eigenvalue weighted by Crippen LogP contribution is -2.06. The van der Waals surface area contributed by atoms with Crippen LogP contribution in [0.3, 0.4) is 0 Å². The first-order valence-electron chi connectivity index (χ1n) is 5.37. The van der Waals surface area contributed by atoms with Gasteiger partial charge < -0.3 is 4.74 Å². The van der Waals surface area contributed by atoms with Gasteiger partial charge >= 0.3 is 0 Å². The molecule has 2 aromatic rings. The van der Waals surface area contributed by atoms with E-state index in [0.29, 0.717) is 15.8 Å². The first kappa shape index (κ1) is 14.0. The van der Waals surface area contributed by atoms with E-state index in [2.05, 4.69) is 15.9 Å². The number of para-hydroxylation sites is 1. The quantitative estimate of drug-likeness (QED) is 0.606. The molecule has 0 atom stereocenters. The fourth-order valence-corrected chi connectivity index (χ4v) is 2.15. The lowest BCUT2D eigenvalue weighted by Gasteiger charge is -2.09. The van der Waals surface area contributed by atoms with Crippen LogP contribution < -0.4 is 4.74 Å². The molecule has 0 spiro atoms. The zero-order valence-electron chi connectivity index (χ0n) is 9.91. The van der Waals surface area contributed by atoms with E-state index in [1.807, 2.05) is 0 Å². The second kappa shape index (κ2) is 5.72. The van der Waals surface area contributed by atoms with E-state index in [1.54, 1.807) is 24.3 Å². The molecule has 0 aliphatic rings. The van der Waals surface area contributed by atoms with Crippen molar-refractivity contribution in [2.75, 3.05) is 7.11 Å². The predicted molar refractivity (Wildman–Crippen MR) is 75.5 cm³/mol. The molecule has 0 bridgehead atoms. The fourth-order valence-electron chi connectivity index (χ4n) is 1.68. The molecule has 19 heavy (non-hydrogen) atoms. The van der Waals surface area contributed by atoms with Crippen molar-refractivity contribution in [3.63, 3.8) is 0 Å². The zero-order valence-corrected chi connectivity index (χ0v) is 12.3. The molecule has 0 fully saturated rings. The summed E-state index contributed by atoms with van der Waals surface area (Å²) in [7, 11) is 1.46. The molecule has 0 amide bonds. The number of ketones is 1. The van der Waals surface area contributed by atoms with E-state index < -0.39 is 11.6 Å². The van der Waals surface area contributed by atoms with Crippen LogP contribution in [0, 0.1) is 5.82 Å². The van der Waals surface area contributed by atoms with Gasteiger partial charge in [-0.2, -0.15) is 0 Å². The Labute approximate surface area is 123 Å². The van der Waals surface area contributed by atoms with Crippen molar-refractivity contribution in [2.45, 2.75) is 0 Å². The molecule has 5 heteroatoms. The maximum absolute atomic E-state index is 14.0. The molecule has 0 unspecified atom stereocenters. The molecule has 98 valence electrons. The van der Waals surface area contributed by atoms with Crippen molar-refractivity contribution in [1.29, 1.82) is 0 Å². The third kappa shape index (κ3) is 2.65. The van der Waals surface area contributed by atoms with Crippen LogP contribution in [0.4, 0.5) is 4.39 Å². The third-order valence-corrected chi connectivity index (χ3v) is 3.89. The van der Waals surface area contributed by atoms with Gasteiger partial charge in [-0.1, -0.05) is 23.7 Å². The Bertz CT molecular complexity index is 643. The Balaban J connectivity index is 2.54. The van der Waals surface area contributed by atoms with E-state index in [9.17, 15) is 9.18 Å². The first-order chi connectivity index (χ1) is 9.06. The van der Waals surface area contributed by atoms with Crippen LogP contribution >= 0.6 is 27.5 Å². The maximum Gasteiger partial charge on any atom is 0.199 e. The van der Waals surface area contributed by atoms with E-state index in [-0.39, 0.29) is 10.6 Å². The minimum absolute atomic E-state index is 0.0855. The number of benzene rings is 2. The van der Waals surface area contributed by atoms with E-state index in [0.717, 1.165) is 0 Å². The number of methoxy groups -OCH3 is 1. The van der Waals surface area contributed by atoms with Gasteiger partial charge in [-0.3, -0.25) is 4.79 Å². The summed E-state index contributed by atoms with van der Waals surface area (Å²) in [5.74, 6) is -0.817. The van der Waals surface area contributed by atoms with Crippen LogP contribution in [0.15, 0.2) is 40.9 Å². The highest BCUT2D eigenvalue weighted by Crippen LogP contribution is 2.30. The number of carbonyl (C=O) groups is 1. The molecule has 0 aromatic heterocycles. The molecule has 0 saturated heterocycles. The molecule has 0 aliphatic heterocycles. The Hall–Kier alpha value is -1.39. The summed E-state index contributed by atoms with van der Waals surface area (Å²) in [5, 5.41) is -0.110. The van der Waals surface area contributed by atoms with Gasteiger partial charge in [0, 0.05) is 4.47 Å². The van der Waals surface area contributed by atoms with Gasteiger partial charge in [0.1, 0.15) is 5.75 Å². The average molecular weight is 344 g/mol. The van der Waals surface area contributed by atoms with Gasteiger partial charge in [-0.05, 0) is 40.2 Å². The lowest BCUT2D eigenvalue weighted by molar-refractivity contribution is 0.103. The number of carbonyl (C=O) groups excluding carboxylic acids is 1. The van der Waals surface area contributed by atoms with Gasteiger partial charge in [0.05, 0.1) is 23.3 Å². The van der Waals surface area contributed by atoms with Crippen LogP contribution in [0.2, 0.25) is 5.02 Å². The standard InChI is InChI=1S/C14H9BrClFO2/c1-19-11-5-3-2-4-8(11)14(18)9-6-7-10(15)12(16)13(9)17/h2-7H,1H3. The van der Waals surface area contributed by atoms with Crippen molar-refractivity contribution >= 4 is 33.3 Å². The molecular formula is C14H9BrClFO2. The largest absolute Gasteiger partial charge is 0.496 e. The average Bonchev–Trinajstić information content (AvgIpc) is 2.44. The lowest BCUT2D eigenvalue weighted by atomic mass is 10.0. The van der Waals surface area contributed by atoms with Crippen LogP contribution in [0.5, 0.6) is 5.75 Å². The Morgan fingerprint density at radius 1 is 1.21 bits per heavy atom. The number of rotatable bonds is 3. The topological polar surface area (TPSA) is 26.3 Å². The van der Waals surface area contributed by atoms with Crippen LogP contribution in [0.25, 0.3) is 0 Å². The summed E-state index contributed by atoms with van der Waals surface area (Å²) in [5.41, 5.74) is 0.208. The van der Waals surface area contributed by atoms with Gasteiger partial charge in [0.2, 0.25) is 0 Å². The number of hydrogen-bond donors (Lipinski definition) is 0. The summed E-state index contributed by atoms with van der Waals surface area (Å²) in [6, 6.07) is 9.57. The number of hydrogen-bond acceptors (Lipinski definition) is 2. The third-order valence-electron chi connectivity index (χ3n) is 2.63. The molecule has 2 aromatic carbocycles. The SMILES string of the molecule is COc1ccccc1C(=O)c1ccc(Br)c(Cl)c1F. The summed E-state index contributed by atoms with van der Waals surface area (Å²) in [6.45, 7) is 0. The normalized spacial score (nSPS) is 10.3. The van der Waals surface area contributed by atoms with E-state index in [1.165, 1.54) is 19.2 Å². The van der Waals surface area contributed by atoms with Crippen LogP contribution in [0.1, 0.15) is 15.9 Å². The smallest absolute Gasteiger partial charge is 0.199 e. The van der Waals surface area contributed by atoms with Crippen molar-refractivity contribution in [3.8, 4) is 5.75 Å². The highest BCUT2D eigenvalue weighted by Gasteiger charge is 2.20. The van der Waals surface area contributed by atoms with E-state index >= 15 is 0 Å². The predicted octanol–water partition coefficient (Wildman–Crippen LogP) is 4.48. The molecule has 0 N–H and O–H groups in total.